The first-order valence-corrected chi connectivity index (χ1v) is 5.84. The third kappa shape index (κ3) is 2.75. The van der Waals surface area contributed by atoms with E-state index < -0.39 is 41.0 Å². The first-order chi connectivity index (χ1) is 8.43. The van der Waals surface area contributed by atoms with Gasteiger partial charge >= 0.3 is 17.9 Å². The maximum atomic E-state index is 11.7. The van der Waals surface area contributed by atoms with Gasteiger partial charge in [-0.3, -0.25) is 14.4 Å². The summed E-state index contributed by atoms with van der Waals surface area (Å²) in [4.78, 5) is 35.0. The van der Waals surface area contributed by atoms with Crippen LogP contribution in [0.25, 0.3) is 0 Å². The standard InChI is InChI=1S/C11H15ClO6/c1-5(12)6-4-18-11(15)7(6)8(9(13)16-2)10(14)17-3/h5-8H,4H2,1-3H3. The Morgan fingerprint density at radius 2 is 1.83 bits per heavy atom. The summed E-state index contributed by atoms with van der Waals surface area (Å²) in [5.41, 5.74) is 0. The van der Waals surface area contributed by atoms with Crippen molar-refractivity contribution in [2.24, 2.45) is 17.8 Å². The minimum atomic E-state index is -1.33. The molecule has 0 radical (unpaired) electrons. The summed E-state index contributed by atoms with van der Waals surface area (Å²) >= 11 is 5.95. The molecule has 0 amide bonds. The first kappa shape index (κ1) is 14.8. The number of carbonyl (C=O) groups is 3. The van der Waals surface area contributed by atoms with Gasteiger partial charge in [0.1, 0.15) is 0 Å². The van der Waals surface area contributed by atoms with Crippen LogP contribution >= 0.6 is 11.6 Å². The summed E-state index contributed by atoms with van der Waals surface area (Å²) in [6.07, 6.45) is 0. The third-order valence-electron chi connectivity index (χ3n) is 3.01. The van der Waals surface area contributed by atoms with Gasteiger partial charge in [0.05, 0.1) is 26.7 Å². The van der Waals surface area contributed by atoms with E-state index in [1.54, 1.807) is 6.92 Å². The van der Waals surface area contributed by atoms with Gasteiger partial charge in [0, 0.05) is 11.3 Å². The Labute approximate surface area is 110 Å². The largest absolute Gasteiger partial charge is 0.468 e. The highest BCUT2D eigenvalue weighted by Gasteiger charge is 2.51. The first-order valence-electron chi connectivity index (χ1n) is 5.40. The van der Waals surface area contributed by atoms with Crippen molar-refractivity contribution in [3.05, 3.63) is 0 Å². The number of methoxy groups -OCH3 is 2. The lowest BCUT2D eigenvalue weighted by molar-refractivity contribution is -0.166. The number of esters is 3. The monoisotopic (exact) mass is 278 g/mol. The molecule has 1 saturated heterocycles. The predicted molar refractivity (Wildman–Crippen MR) is 60.8 cm³/mol. The van der Waals surface area contributed by atoms with E-state index in [0.717, 1.165) is 14.2 Å². The smallest absolute Gasteiger partial charge is 0.320 e. The Hall–Kier alpha value is -1.30. The van der Waals surface area contributed by atoms with E-state index in [4.69, 9.17) is 16.3 Å². The molecule has 0 bridgehead atoms. The molecule has 1 aliphatic rings. The summed E-state index contributed by atoms with van der Waals surface area (Å²) in [5, 5.41) is -0.418. The normalized spacial score (nSPS) is 24.6. The van der Waals surface area contributed by atoms with E-state index in [0.29, 0.717) is 0 Å². The van der Waals surface area contributed by atoms with E-state index in [-0.39, 0.29) is 6.61 Å². The van der Waals surface area contributed by atoms with Crippen LogP contribution in [0.4, 0.5) is 0 Å². The Kier molecular flexibility index (Phi) is 4.95. The molecule has 1 aliphatic heterocycles. The SMILES string of the molecule is COC(=O)C(C(=O)OC)C1C(=O)OCC1C(C)Cl. The number of ether oxygens (including phenoxy) is 3. The van der Waals surface area contributed by atoms with Crippen LogP contribution in [0.3, 0.4) is 0 Å². The molecule has 3 unspecified atom stereocenters. The highest BCUT2D eigenvalue weighted by Crippen LogP contribution is 2.34. The number of halogens is 1. The molecule has 0 spiro atoms. The van der Waals surface area contributed by atoms with Gasteiger partial charge in [-0.2, -0.15) is 0 Å². The van der Waals surface area contributed by atoms with Crippen molar-refractivity contribution in [1.82, 2.24) is 0 Å². The summed E-state index contributed by atoms with van der Waals surface area (Å²) in [7, 11) is 2.27. The molecule has 0 aromatic carbocycles. The van der Waals surface area contributed by atoms with Crippen molar-refractivity contribution in [3.63, 3.8) is 0 Å². The minimum absolute atomic E-state index is 0.0820. The lowest BCUT2D eigenvalue weighted by Crippen LogP contribution is -2.40. The Bertz CT molecular complexity index is 337. The lowest BCUT2D eigenvalue weighted by atomic mass is 9.82. The van der Waals surface area contributed by atoms with Crippen LogP contribution in [0.1, 0.15) is 6.92 Å². The topological polar surface area (TPSA) is 78.9 Å². The second-order valence-corrected chi connectivity index (χ2v) is 4.71. The molecule has 0 saturated carbocycles. The molecule has 102 valence electrons. The molecule has 0 aliphatic carbocycles. The van der Waals surface area contributed by atoms with Crippen LogP contribution in [-0.4, -0.2) is 44.1 Å². The van der Waals surface area contributed by atoms with Crippen molar-refractivity contribution < 1.29 is 28.6 Å². The van der Waals surface area contributed by atoms with Crippen LogP contribution in [-0.2, 0) is 28.6 Å². The second kappa shape index (κ2) is 6.04. The molecule has 0 N–H and O–H groups in total. The number of cyclic esters (lactones) is 1. The highest BCUT2D eigenvalue weighted by atomic mass is 35.5. The fourth-order valence-electron chi connectivity index (χ4n) is 2.00. The molecule has 7 heteroatoms. The quantitative estimate of drug-likeness (QED) is 0.320. The summed E-state index contributed by atoms with van der Waals surface area (Å²) < 4.78 is 13.9. The van der Waals surface area contributed by atoms with Gasteiger partial charge < -0.3 is 14.2 Å². The van der Waals surface area contributed by atoms with Crippen molar-refractivity contribution in [1.29, 1.82) is 0 Å². The van der Waals surface area contributed by atoms with Crippen LogP contribution in [0.2, 0.25) is 0 Å². The van der Waals surface area contributed by atoms with E-state index in [1.807, 2.05) is 0 Å². The van der Waals surface area contributed by atoms with Gasteiger partial charge in [-0.25, -0.2) is 0 Å². The number of carbonyl (C=O) groups excluding carboxylic acids is 3. The molecule has 1 fully saturated rings. The molecule has 1 rings (SSSR count). The van der Waals surface area contributed by atoms with Gasteiger partial charge in [0.15, 0.2) is 5.92 Å². The average molecular weight is 279 g/mol. The van der Waals surface area contributed by atoms with Gasteiger partial charge in [-0.05, 0) is 6.92 Å². The number of hydrogen-bond donors (Lipinski definition) is 0. The number of hydrogen-bond acceptors (Lipinski definition) is 6. The summed E-state index contributed by atoms with van der Waals surface area (Å²) in [6.45, 7) is 1.76. The minimum Gasteiger partial charge on any atom is -0.468 e. The van der Waals surface area contributed by atoms with Crippen LogP contribution in [0, 0.1) is 17.8 Å². The Morgan fingerprint density at radius 1 is 1.33 bits per heavy atom. The Balaban J connectivity index is 3.06. The van der Waals surface area contributed by atoms with Crippen LogP contribution < -0.4 is 0 Å². The Morgan fingerprint density at radius 3 is 2.22 bits per heavy atom. The van der Waals surface area contributed by atoms with E-state index in [2.05, 4.69) is 9.47 Å². The van der Waals surface area contributed by atoms with Crippen molar-refractivity contribution in [2.75, 3.05) is 20.8 Å². The van der Waals surface area contributed by atoms with Gasteiger partial charge in [0.2, 0.25) is 0 Å². The average Bonchev–Trinajstić information content (AvgIpc) is 2.71. The van der Waals surface area contributed by atoms with E-state index >= 15 is 0 Å². The van der Waals surface area contributed by atoms with E-state index in [1.165, 1.54) is 0 Å². The van der Waals surface area contributed by atoms with Crippen LogP contribution in [0.15, 0.2) is 0 Å². The van der Waals surface area contributed by atoms with Crippen molar-refractivity contribution in [2.45, 2.75) is 12.3 Å². The molecular weight excluding hydrogens is 264 g/mol. The maximum absolute atomic E-state index is 11.7. The zero-order valence-corrected chi connectivity index (χ0v) is 11.1. The van der Waals surface area contributed by atoms with Gasteiger partial charge in [0.25, 0.3) is 0 Å². The zero-order valence-electron chi connectivity index (χ0n) is 10.3. The molecule has 1 heterocycles. The maximum Gasteiger partial charge on any atom is 0.320 e. The zero-order chi connectivity index (χ0) is 13.9. The molecule has 0 aromatic rings. The molecule has 6 nitrogen and oxygen atoms in total. The lowest BCUT2D eigenvalue weighted by Gasteiger charge is -2.22. The molecule has 0 aromatic heterocycles. The number of rotatable bonds is 4. The fourth-order valence-corrected chi connectivity index (χ4v) is 2.23. The fraction of sp³-hybridized carbons (Fsp3) is 0.727. The summed E-state index contributed by atoms with van der Waals surface area (Å²) in [5.74, 6) is -5.00. The van der Waals surface area contributed by atoms with Crippen LogP contribution in [0.5, 0.6) is 0 Å². The predicted octanol–water partition coefficient (Wildman–Crippen LogP) is 0.365. The second-order valence-electron chi connectivity index (χ2n) is 4.02. The number of alkyl halides is 1. The highest BCUT2D eigenvalue weighted by molar-refractivity contribution is 6.20. The van der Waals surface area contributed by atoms with E-state index in [9.17, 15) is 14.4 Å². The van der Waals surface area contributed by atoms with Crippen molar-refractivity contribution in [3.8, 4) is 0 Å². The molecule has 3 atom stereocenters. The summed E-state index contributed by atoms with van der Waals surface area (Å²) in [6, 6.07) is 0. The van der Waals surface area contributed by atoms with Gasteiger partial charge in [-0.1, -0.05) is 0 Å². The van der Waals surface area contributed by atoms with Crippen molar-refractivity contribution >= 4 is 29.5 Å². The van der Waals surface area contributed by atoms with Gasteiger partial charge in [-0.15, -0.1) is 11.6 Å². The molecule has 18 heavy (non-hydrogen) atoms. The third-order valence-corrected chi connectivity index (χ3v) is 3.33. The molecular formula is C11H15ClO6.